The Morgan fingerprint density at radius 2 is 1.67 bits per heavy atom. The van der Waals surface area contributed by atoms with Crippen molar-refractivity contribution in [2.45, 2.75) is 12.8 Å². The minimum Gasteiger partial charge on any atom is -0.489 e. The normalized spacial score (nSPS) is 14.5. The molecule has 0 bridgehead atoms. The fourth-order valence-electron chi connectivity index (χ4n) is 3.09. The molecule has 3 aromatic rings. The molecule has 0 aromatic heterocycles. The van der Waals surface area contributed by atoms with E-state index in [2.05, 4.69) is 21.2 Å². The zero-order valence-electron chi connectivity index (χ0n) is 15.5. The highest BCUT2D eigenvalue weighted by Crippen LogP contribution is 2.38. The zero-order valence-corrected chi connectivity index (χ0v) is 17.0. The molecule has 1 aliphatic rings. The van der Waals surface area contributed by atoms with Crippen molar-refractivity contribution in [1.82, 2.24) is 0 Å². The van der Waals surface area contributed by atoms with E-state index in [0.717, 1.165) is 27.7 Å². The van der Waals surface area contributed by atoms with E-state index in [1.807, 2.05) is 24.3 Å². The topological polar surface area (TPSA) is 38.3 Å². The van der Waals surface area contributed by atoms with Crippen LogP contribution < -0.4 is 10.1 Å². The van der Waals surface area contributed by atoms with E-state index in [1.165, 1.54) is 6.07 Å². The van der Waals surface area contributed by atoms with E-state index < -0.39 is 17.6 Å². The summed E-state index contributed by atoms with van der Waals surface area (Å²) in [4.78, 5) is 12.3. The molecule has 1 aliphatic heterocycles. The fourth-order valence-corrected chi connectivity index (χ4v) is 3.35. The molecule has 7 heteroatoms. The van der Waals surface area contributed by atoms with Gasteiger partial charge in [0.2, 0.25) is 0 Å². The Balaban J connectivity index is 1.50. The second kappa shape index (κ2) is 7.99. The number of fused-ring (bicyclic) bond motifs is 1. The maximum atomic E-state index is 12.9. The van der Waals surface area contributed by atoms with Crippen LogP contribution in [-0.4, -0.2) is 5.91 Å². The Morgan fingerprint density at radius 3 is 2.33 bits per heavy atom. The van der Waals surface area contributed by atoms with Crippen LogP contribution in [0.25, 0.3) is 11.6 Å². The van der Waals surface area contributed by atoms with Crippen LogP contribution in [0, 0.1) is 0 Å². The number of anilines is 1. The van der Waals surface area contributed by atoms with Gasteiger partial charge in [0.25, 0.3) is 5.91 Å². The van der Waals surface area contributed by atoms with Crippen LogP contribution in [0.3, 0.4) is 0 Å². The second-order valence-electron chi connectivity index (χ2n) is 6.75. The van der Waals surface area contributed by atoms with Gasteiger partial charge in [0.15, 0.2) is 0 Å². The molecule has 0 saturated heterocycles. The molecule has 152 valence electrons. The van der Waals surface area contributed by atoms with Gasteiger partial charge in [0.05, 0.1) is 5.56 Å². The van der Waals surface area contributed by atoms with Crippen LogP contribution in [0.4, 0.5) is 18.9 Å². The number of halogens is 4. The molecular formula is C23H15BrF3NO2. The number of benzene rings is 3. The van der Waals surface area contributed by atoms with E-state index in [0.29, 0.717) is 23.5 Å². The van der Waals surface area contributed by atoms with Crippen molar-refractivity contribution >= 4 is 39.2 Å². The molecule has 0 unspecified atom stereocenters. The first-order valence-electron chi connectivity index (χ1n) is 9.01. The van der Waals surface area contributed by atoms with Crippen molar-refractivity contribution in [2.24, 2.45) is 0 Å². The summed E-state index contributed by atoms with van der Waals surface area (Å²) in [6.45, 7) is 0.422. The number of carbonyl (C=O) groups is 1. The van der Waals surface area contributed by atoms with E-state index in [9.17, 15) is 18.0 Å². The average molecular weight is 474 g/mol. The molecule has 3 nitrogen and oxygen atoms in total. The molecule has 1 amide bonds. The van der Waals surface area contributed by atoms with Gasteiger partial charge >= 0.3 is 6.18 Å². The van der Waals surface area contributed by atoms with Crippen molar-refractivity contribution in [3.8, 4) is 5.75 Å². The van der Waals surface area contributed by atoms with Gasteiger partial charge in [-0.15, -0.1) is 0 Å². The molecule has 0 aliphatic carbocycles. The smallest absolute Gasteiger partial charge is 0.416 e. The van der Waals surface area contributed by atoms with Crippen LogP contribution in [-0.2, 0) is 17.6 Å². The molecule has 0 spiro atoms. The van der Waals surface area contributed by atoms with Crippen LogP contribution in [0.15, 0.2) is 71.2 Å². The molecule has 0 atom stereocenters. The first-order valence-corrected chi connectivity index (χ1v) is 9.81. The third-order valence-electron chi connectivity index (χ3n) is 4.64. The molecule has 3 aromatic carbocycles. The van der Waals surface area contributed by atoms with E-state index >= 15 is 0 Å². The maximum absolute atomic E-state index is 12.9. The van der Waals surface area contributed by atoms with Gasteiger partial charge in [-0.2, -0.15) is 13.2 Å². The number of amides is 1. The molecule has 1 N–H and O–H groups in total. The Hall–Kier alpha value is -3.06. The van der Waals surface area contributed by atoms with Gasteiger partial charge < -0.3 is 10.1 Å². The summed E-state index contributed by atoms with van der Waals surface area (Å²) in [5.41, 5.74) is 1.90. The van der Waals surface area contributed by atoms with Gasteiger partial charge in [0.1, 0.15) is 12.4 Å². The Kier molecular flexibility index (Phi) is 5.39. The lowest BCUT2D eigenvalue weighted by Gasteiger charge is -2.08. The third-order valence-corrected chi connectivity index (χ3v) is 5.17. The first kappa shape index (κ1) is 20.2. The molecule has 0 fully saturated rings. The van der Waals surface area contributed by atoms with Gasteiger partial charge in [-0.25, -0.2) is 0 Å². The number of nitrogens with one attached hydrogen (secondary N) is 1. The Labute approximate surface area is 179 Å². The predicted octanol–water partition coefficient (Wildman–Crippen LogP) is 6.54. The van der Waals surface area contributed by atoms with Gasteiger partial charge in [-0.1, -0.05) is 46.3 Å². The van der Waals surface area contributed by atoms with Crippen molar-refractivity contribution in [3.05, 3.63) is 93.5 Å². The maximum Gasteiger partial charge on any atom is 0.416 e. The standard InChI is InChI=1S/C23H15BrF3NO2/c24-17-6-1-15(2-7-17)13-30-18-8-3-14(4-9-18)11-20-19-10-5-16(23(25,26)27)12-21(19)28-22(20)29/h1-12H,13H2,(H,28,29)/b20-11-. The predicted molar refractivity (Wildman–Crippen MR) is 113 cm³/mol. The van der Waals surface area contributed by atoms with Crippen LogP contribution >= 0.6 is 15.9 Å². The summed E-state index contributed by atoms with van der Waals surface area (Å²) in [7, 11) is 0. The number of alkyl halides is 3. The molecule has 0 radical (unpaired) electrons. The minimum atomic E-state index is -4.46. The second-order valence-corrected chi connectivity index (χ2v) is 7.67. The van der Waals surface area contributed by atoms with Crippen molar-refractivity contribution in [2.75, 3.05) is 5.32 Å². The lowest BCUT2D eigenvalue weighted by Crippen LogP contribution is -2.06. The van der Waals surface area contributed by atoms with Crippen molar-refractivity contribution in [3.63, 3.8) is 0 Å². The van der Waals surface area contributed by atoms with Crippen LogP contribution in [0.2, 0.25) is 0 Å². The van der Waals surface area contributed by atoms with Gasteiger partial charge in [-0.3, -0.25) is 4.79 Å². The SMILES string of the molecule is O=C1Nc2cc(C(F)(F)F)ccc2/C1=C/c1ccc(OCc2ccc(Br)cc2)cc1. The molecule has 1 heterocycles. The number of hydrogen-bond donors (Lipinski definition) is 1. The van der Waals surface area contributed by atoms with E-state index in [4.69, 9.17) is 4.74 Å². The number of ether oxygens (including phenoxy) is 1. The minimum absolute atomic E-state index is 0.163. The Morgan fingerprint density at radius 1 is 0.967 bits per heavy atom. The highest BCUT2D eigenvalue weighted by Gasteiger charge is 2.33. The Bertz CT molecular complexity index is 1120. The average Bonchev–Trinajstić information content (AvgIpc) is 3.02. The zero-order chi connectivity index (χ0) is 21.3. The molecule has 0 saturated carbocycles. The lowest BCUT2D eigenvalue weighted by atomic mass is 10.0. The molecule has 30 heavy (non-hydrogen) atoms. The summed E-state index contributed by atoms with van der Waals surface area (Å²) >= 11 is 3.39. The van der Waals surface area contributed by atoms with Crippen molar-refractivity contribution < 1.29 is 22.7 Å². The van der Waals surface area contributed by atoms with Crippen LogP contribution in [0.1, 0.15) is 22.3 Å². The van der Waals surface area contributed by atoms with Gasteiger partial charge in [-0.05, 0) is 53.6 Å². The van der Waals surface area contributed by atoms with E-state index in [1.54, 1.807) is 30.3 Å². The fraction of sp³-hybridized carbons (Fsp3) is 0.0870. The summed E-state index contributed by atoms with van der Waals surface area (Å²) < 4.78 is 45.4. The number of rotatable bonds is 4. The highest BCUT2D eigenvalue weighted by atomic mass is 79.9. The summed E-state index contributed by atoms with van der Waals surface area (Å²) in [5.74, 6) is 0.242. The first-order chi connectivity index (χ1) is 14.3. The van der Waals surface area contributed by atoms with Crippen molar-refractivity contribution in [1.29, 1.82) is 0 Å². The van der Waals surface area contributed by atoms with Crippen LogP contribution in [0.5, 0.6) is 5.75 Å². The highest BCUT2D eigenvalue weighted by molar-refractivity contribution is 9.10. The summed E-state index contributed by atoms with van der Waals surface area (Å²) in [5, 5.41) is 2.50. The summed E-state index contributed by atoms with van der Waals surface area (Å²) in [6, 6.07) is 18.2. The third kappa shape index (κ3) is 4.41. The van der Waals surface area contributed by atoms with Gasteiger partial charge in [0, 0.05) is 21.3 Å². The quantitative estimate of drug-likeness (QED) is 0.436. The summed E-state index contributed by atoms with van der Waals surface area (Å²) in [6.07, 6.45) is -2.81. The number of hydrogen-bond acceptors (Lipinski definition) is 2. The lowest BCUT2D eigenvalue weighted by molar-refractivity contribution is -0.137. The molecular weight excluding hydrogens is 459 g/mol. The van der Waals surface area contributed by atoms with E-state index in [-0.39, 0.29) is 5.69 Å². The largest absolute Gasteiger partial charge is 0.489 e. The monoisotopic (exact) mass is 473 g/mol. The molecule has 4 rings (SSSR count). The number of carbonyl (C=O) groups excluding carboxylic acids is 1.